The summed E-state index contributed by atoms with van der Waals surface area (Å²) >= 11 is -0.205. The molecule has 1 unspecified atom stereocenters. The van der Waals surface area contributed by atoms with Gasteiger partial charge in [0.1, 0.15) is 0 Å². The van der Waals surface area contributed by atoms with Crippen LogP contribution in [-0.4, -0.2) is 37.4 Å². The third-order valence-corrected chi connectivity index (χ3v) is 5.63. The maximum absolute atomic E-state index is 12.2. The van der Waals surface area contributed by atoms with Gasteiger partial charge in [0.2, 0.25) is 5.91 Å². The summed E-state index contributed by atoms with van der Waals surface area (Å²) in [6.07, 6.45) is 3.09. The maximum Gasteiger partial charge on any atom is 0.446 e. The first-order chi connectivity index (χ1) is 10.6. The number of carbonyl (C=O) groups excluding carboxylic acids is 1. The molecule has 0 saturated carbocycles. The second kappa shape index (κ2) is 6.96. The zero-order valence-electron chi connectivity index (χ0n) is 11.8. The van der Waals surface area contributed by atoms with E-state index < -0.39 is 21.3 Å². The Labute approximate surface area is 136 Å². The van der Waals surface area contributed by atoms with Gasteiger partial charge < -0.3 is 5.32 Å². The molecule has 0 aliphatic carbocycles. The average Bonchev–Trinajstić information content (AvgIpc) is 2.75. The molecule has 0 radical (unpaired) electrons. The summed E-state index contributed by atoms with van der Waals surface area (Å²) < 4.78 is 59.2. The molecule has 2 rings (SSSR count). The van der Waals surface area contributed by atoms with Crippen molar-refractivity contribution in [1.82, 2.24) is 5.32 Å². The first-order valence-electron chi connectivity index (χ1n) is 6.68. The van der Waals surface area contributed by atoms with Crippen LogP contribution in [-0.2, 0) is 14.6 Å². The first-order valence-corrected chi connectivity index (χ1v) is 9.32. The number of nitrogens with one attached hydrogen (secondary N) is 1. The van der Waals surface area contributed by atoms with Gasteiger partial charge in [0, 0.05) is 17.0 Å². The fraction of sp³-hybridized carbons (Fsp3) is 0.357. The van der Waals surface area contributed by atoms with Crippen molar-refractivity contribution in [2.75, 3.05) is 11.5 Å². The largest absolute Gasteiger partial charge is 0.446 e. The van der Waals surface area contributed by atoms with Gasteiger partial charge in [-0.3, -0.25) is 4.79 Å². The van der Waals surface area contributed by atoms with E-state index in [-0.39, 0.29) is 34.2 Å². The van der Waals surface area contributed by atoms with E-state index >= 15 is 0 Å². The van der Waals surface area contributed by atoms with Crippen LogP contribution >= 0.6 is 11.8 Å². The molecule has 1 aliphatic rings. The average molecular weight is 365 g/mol. The normalized spacial score (nSPS) is 20.7. The molecular formula is C14H14F3NO3S2. The van der Waals surface area contributed by atoms with Crippen LogP contribution in [0.2, 0.25) is 0 Å². The summed E-state index contributed by atoms with van der Waals surface area (Å²) in [7, 11) is -3.06. The molecule has 4 nitrogen and oxygen atoms in total. The van der Waals surface area contributed by atoms with Crippen LogP contribution in [0.1, 0.15) is 12.0 Å². The predicted molar refractivity (Wildman–Crippen MR) is 82.6 cm³/mol. The minimum Gasteiger partial charge on any atom is -0.349 e. The van der Waals surface area contributed by atoms with Crippen molar-refractivity contribution in [1.29, 1.82) is 0 Å². The molecule has 1 aromatic carbocycles. The van der Waals surface area contributed by atoms with Gasteiger partial charge in [0.25, 0.3) is 0 Å². The zero-order chi connectivity index (χ0) is 17.1. The maximum atomic E-state index is 12.2. The third kappa shape index (κ3) is 6.26. The number of amides is 1. The van der Waals surface area contributed by atoms with Crippen molar-refractivity contribution < 1.29 is 26.4 Å². The first kappa shape index (κ1) is 17.9. The fourth-order valence-corrected chi connectivity index (χ4v) is 4.32. The molecule has 1 N–H and O–H groups in total. The highest BCUT2D eigenvalue weighted by atomic mass is 32.2. The Bertz CT molecular complexity index is 697. The highest BCUT2D eigenvalue weighted by Gasteiger charge is 2.29. The Hall–Kier alpha value is -1.48. The topological polar surface area (TPSA) is 63.2 Å². The van der Waals surface area contributed by atoms with Crippen molar-refractivity contribution in [3.05, 3.63) is 35.9 Å². The molecule has 1 fully saturated rings. The molecule has 126 valence electrons. The van der Waals surface area contributed by atoms with Crippen LogP contribution in [0.3, 0.4) is 0 Å². The minimum absolute atomic E-state index is 0.0596. The number of carbonyl (C=O) groups is 1. The lowest BCUT2D eigenvalue weighted by molar-refractivity contribution is -0.116. The summed E-state index contributed by atoms with van der Waals surface area (Å²) in [6.45, 7) is 0. The van der Waals surface area contributed by atoms with E-state index in [1.165, 1.54) is 36.4 Å². The Morgan fingerprint density at radius 2 is 1.91 bits per heavy atom. The van der Waals surface area contributed by atoms with Gasteiger partial charge in [-0.15, -0.1) is 0 Å². The molecule has 1 aliphatic heterocycles. The Kier molecular flexibility index (Phi) is 5.41. The number of sulfone groups is 1. The predicted octanol–water partition coefficient (Wildman–Crippen LogP) is 2.62. The van der Waals surface area contributed by atoms with Crippen molar-refractivity contribution in [3.63, 3.8) is 0 Å². The van der Waals surface area contributed by atoms with Gasteiger partial charge in [-0.1, -0.05) is 12.1 Å². The lowest BCUT2D eigenvalue weighted by atomic mass is 10.2. The summed E-state index contributed by atoms with van der Waals surface area (Å²) in [5.41, 5.74) is -3.76. The van der Waals surface area contributed by atoms with Crippen molar-refractivity contribution in [2.24, 2.45) is 0 Å². The van der Waals surface area contributed by atoms with Crippen LogP contribution in [0.25, 0.3) is 6.08 Å². The molecule has 23 heavy (non-hydrogen) atoms. The summed E-state index contributed by atoms with van der Waals surface area (Å²) in [5, 5.41) is 2.59. The lowest BCUT2D eigenvalue weighted by Gasteiger charge is -2.08. The van der Waals surface area contributed by atoms with Crippen LogP contribution in [0, 0.1) is 0 Å². The summed E-state index contributed by atoms with van der Waals surface area (Å²) in [6, 6.07) is 5.19. The second-order valence-corrected chi connectivity index (χ2v) is 8.43. The molecule has 1 aromatic rings. The number of rotatable bonds is 4. The Morgan fingerprint density at radius 1 is 1.26 bits per heavy atom. The van der Waals surface area contributed by atoms with E-state index in [0.29, 0.717) is 12.0 Å². The molecule has 0 bridgehead atoms. The number of alkyl halides is 3. The quantitative estimate of drug-likeness (QED) is 0.658. The molecule has 0 aromatic heterocycles. The molecular weight excluding hydrogens is 351 g/mol. The molecule has 1 amide bonds. The van der Waals surface area contributed by atoms with Crippen molar-refractivity contribution in [3.8, 4) is 0 Å². The van der Waals surface area contributed by atoms with Gasteiger partial charge >= 0.3 is 5.51 Å². The van der Waals surface area contributed by atoms with Crippen LogP contribution in [0.15, 0.2) is 35.2 Å². The van der Waals surface area contributed by atoms with Gasteiger partial charge in [-0.2, -0.15) is 13.2 Å². The minimum atomic E-state index is -4.33. The highest BCUT2D eigenvalue weighted by molar-refractivity contribution is 8.00. The van der Waals surface area contributed by atoms with Crippen LogP contribution < -0.4 is 5.32 Å². The molecule has 1 saturated heterocycles. The van der Waals surface area contributed by atoms with Crippen molar-refractivity contribution >= 4 is 33.6 Å². The summed E-state index contributed by atoms with van der Waals surface area (Å²) in [5.74, 6) is -0.420. The van der Waals surface area contributed by atoms with Crippen LogP contribution in [0.5, 0.6) is 0 Å². The van der Waals surface area contributed by atoms with E-state index in [2.05, 4.69) is 5.32 Å². The van der Waals surface area contributed by atoms with Gasteiger partial charge in [0.05, 0.1) is 11.5 Å². The van der Waals surface area contributed by atoms with E-state index in [9.17, 15) is 26.4 Å². The van der Waals surface area contributed by atoms with Gasteiger partial charge in [0.15, 0.2) is 9.84 Å². The van der Waals surface area contributed by atoms with Gasteiger partial charge in [-0.05, 0) is 42.0 Å². The van der Waals surface area contributed by atoms with E-state index in [1.807, 2.05) is 0 Å². The van der Waals surface area contributed by atoms with E-state index in [0.717, 1.165) is 0 Å². The molecule has 9 heteroatoms. The second-order valence-electron chi connectivity index (χ2n) is 5.06. The molecule has 0 spiro atoms. The Balaban J connectivity index is 1.88. The lowest BCUT2D eigenvalue weighted by Crippen LogP contribution is -2.34. The molecule has 1 atom stereocenters. The number of halogens is 3. The summed E-state index contributed by atoms with van der Waals surface area (Å²) in [4.78, 5) is 11.8. The molecule has 1 heterocycles. The van der Waals surface area contributed by atoms with Gasteiger partial charge in [-0.25, -0.2) is 8.42 Å². The third-order valence-electron chi connectivity index (χ3n) is 3.12. The number of hydrogen-bond donors (Lipinski definition) is 1. The Morgan fingerprint density at radius 3 is 2.43 bits per heavy atom. The number of benzene rings is 1. The standard InChI is InChI=1S/C14H14F3NO3S2/c15-14(16,17)22-12-4-1-10(2-5-12)3-6-13(19)18-11-7-8-23(20,21)9-11/h1-6,11H,7-9H2,(H,18,19). The number of hydrogen-bond acceptors (Lipinski definition) is 4. The van der Waals surface area contributed by atoms with E-state index in [1.54, 1.807) is 0 Å². The zero-order valence-corrected chi connectivity index (χ0v) is 13.5. The van der Waals surface area contributed by atoms with Crippen molar-refractivity contribution in [2.45, 2.75) is 22.9 Å². The number of thioether (sulfide) groups is 1. The smallest absolute Gasteiger partial charge is 0.349 e. The fourth-order valence-electron chi connectivity index (χ4n) is 2.11. The monoisotopic (exact) mass is 365 g/mol. The highest BCUT2D eigenvalue weighted by Crippen LogP contribution is 2.36. The van der Waals surface area contributed by atoms with E-state index in [4.69, 9.17) is 0 Å². The van der Waals surface area contributed by atoms with Crippen LogP contribution in [0.4, 0.5) is 13.2 Å². The SMILES string of the molecule is O=C(C=Cc1ccc(SC(F)(F)F)cc1)NC1CCS(=O)(=O)C1.